The molecule has 0 spiro atoms. The van der Waals surface area contributed by atoms with E-state index in [2.05, 4.69) is 5.32 Å². The molecule has 1 aromatic carbocycles. The standard InChI is InChI=1S/C14H20N2O3/c15-11-4-6-12(7-5-11)19-10-14(17)16-9-13-3-1-2-8-18-13/h4-7,13H,1-3,8-10,15H2,(H,16,17). The highest BCUT2D eigenvalue weighted by Crippen LogP contribution is 2.13. The van der Waals surface area contributed by atoms with Crippen molar-refractivity contribution in [2.75, 3.05) is 25.5 Å². The smallest absolute Gasteiger partial charge is 0.258 e. The first-order chi connectivity index (χ1) is 9.24. The Hall–Kier alpha value is -1.75. The number of carbonyl (C=O) groups excluding carboxylic acids is 1. The van der Waals surface area contributed by atoms with Crippen LogP contribution in [-0.4, -0.2) is 31.8 Å². The molecule has 0 radical (unpaired) electrons. The van der Waals surface area contributed by atoms with Gasteiger partial charge in [-0.15, -0.1) is 0 Å². The number of hydrogen-bond acceptors (Lipinski definition) is 4. The third-order valence-corrected chi connectivity index (χ3v) is 3.05. The Morgan fingerprint density at radius 3 is 2.84 bits per heavy atom. The van der Waals surface area contributed by atoms with E-state index in [0.717, 1.165) is 19.4 Å². The third-order valence-electron chi connectivity index (χ3n) is 3.05. The molecule has 1 heterocycles. The van der Waals surface area contributed by atoms with Crippen molar-refractivity contribution in [3.05, 3.63) is 24.3 Å². The summed E-state index contributed by atoms with van der Waals surface area (Å²) in [6.07, 6.45) is 3.45. The van der Waals surface area contributed by atoms with Crippen LogP contribution >= 0.6 is 0 Å². The van der Waals surface area contributed by atoms with E-state index < -0.39 is 0 Å². The molecule has 5 nitrogen and oxygen atoms in total. The number of nitrogen functional groups attached to an aromatic ring is 1. The zero-order chi connectivity index (χ0) is 13.5. The van der Waals surface area contributed by atoms with Gasteiger partial charge in [-0.05, 0) is 43.5 Å². The van der Waals surface area contributed by atoms with Crippen molar-refractivity contribution in [1.29, 1.82) is 0 Å². The maximum Gasteiger partial charge on any atom is 0.258 e. The van der Waals surface area contributed by atoms with E-state index in [9.17, 15) is 4.79 Å². The fourth-order valence-corrected chi connectivity index (χ4v) is 1.96. The maximum atomic E-state index is 11.6. The van der Waals surface area contributed by atoms with Crippen LogP contribution in [0.4, 0.5) is 5.69 Å². The molecule has 0 aromatic heterocycles. The normalized spacial score (nSPS) is 18.8. The topological polar surface area (TPSA) is 73.6 Å². The van der Waals surface area contributed by atoms with Crippen molar-refractivity contribution in [2.45, 2.75) is 25.4 Å². The van der Waals surface area contributed by atoms with Gasteiger partial charge < -0.3 is 20.5 Å². The van der Waals surface area contributed by atoms with Crippen LogP contribution in [0, 0.1) is 0 Å². The van der Waals surface area contributed by atoms with Crippen molar-refractivity contribution < 1.29 is 14.3 Å². The summed E-state index contributed by atoms with van der Waals surface area (Å²) in [5.74, 6) is 0.504. The number of nitrogens with one attached hydrogen (secondary N) is 1. The minimum Gasteiger partial charge on any atom is -0.484 e. The van der Waals surface area contributed by atoms with Gasteiger partial charge in [-0.2, -0.15) is 0 Å². The quantitative estimate of drug-likeness (QED) is 0.787. The highest BCUT2D eigenvalue weighted by Gasteiger charge is 2.14. The van der Waals surface area contributed by atoms with Crippen LogP contribution in [-0.2, 0) is 9.53 Å². The number of carbonyl (C=O) groups is 1. The number of benzene rings is 1. The maximum absolute atomic E-state index is 11.6. The lowest BCUT2D eigenvalue weighted by Crippen LogP contribution is -2.37. The molecule has 2 rings (SSSR count). The summed E-state index contributed by atoms with van der Waals surface area (Å²) in [6, 6.07) is 6.96. The summed E-state index contributed by atoms with van der Waals surface area (Å²) in [6.45, 7) is 1.36. The molecule has 19 heavy (non-hydrogen) atoms. The predicted octanol–water partition coefficient (Wildman–Crippen LogP) is 1.33. The molecule has 0 bridgehead atoms. The van der Waals surface area contributed by atoms with Crippen LogP contribution < -0.4 is 15.8 Å². The van der Waals surface area contributed by atoms with Crippen LogP contribution in [0.1, 0.15) is 19.3 Å². The molecular formula is C14H20N2O3. The summed E-state index contributed by atoms with van der Waals surface area (Å²) < 4.78 is 10.9. The van der Waals surface area contributed by atoms with Crippen LogP contribution in [0.25, 0.3) is 0 Å². The van der Waals surface area contributed by atoms with E-state index in [1.165, 1.54) is 6.42 Å². The lowest BCUT2D eigenvalue weighted by molar-refractivity contribution is -0.124. The molecule has 3 N–H and O–H groups in total. The third kappa shape index (κ3) is 4.79. The second-order valence-electron chi connectivity index (χ2n) is 4.65. The van der Waals surface area contributed by atoms with Crippen LogP contribution in [0.5, 0.6) is 5.75 Å². The first kappa shape index (κ1) is 13.7. The highest BCUT2D eigenvalue weighted by molar-refractivity contribution is 5.77. The summed E-state index contributed by atoms with van der Waals surface area (Å²) in [4.78, 5) is 11.6. The monoisotopic (exact) mass is 264 g/mol. The molecule has 1 aromatic rings. The Morgan fingerprint density at radius 2 is 2.16 bits per heavy atom. The van der Waals surface area contributed by atoms with Gasteiger partial charge in [0.1, 0.15) is 5.75 Å². The number of amides is 1. The second-order valence-corrected chi connectivity index (χ2v) is 4.65. The van der Waals surface area contributed by atoms with Gasteiger partial charge in [0.15, 0.2) is 6.61 Å². The van der Waals surface area contributed by atoms with Crippen molar-refractivity contribution in [2.24, 2.45) is 0 Å². The molecule has 0 saturated carbocycles. The van der Waals surface area contributed by atoms with Gasteiger partial charge in [-0.3, -0.25) is 4.79 Å². The van der Waals surface area contributed by atoms with Crippen molar-refractivity contribution in [3.8, 4) is 5.75 Å². The van der Waals surface area contributed by atoms with Gasteiger partial charge in [0.2, 0.25) is 0 Å². The van der Waals surface area contributed by atoms with Gasteiger partial charge in [0.25, 0.3) is 5.91 Å². The molecule has 104 valence electrons. The van der Waals surface area contributed by atoms with E-state index in [1.54, 1.807) is 24.3 Å². The van der Waals surface area contributed by atoms with Gasteiger partial charge in [-0.1, -0.05) is 0 Å². The second kappa shape index (κ2) is 6.99. The van der Waals surface area contributed by atoms with Crippen molar-refractivity contribution >= 4 is 11.6 Å². The van der Waals surface area contributed by atoms with E-state index in [1.807, 2.05) is 0 Å². The number of rotatable bonds is 5. The zero-order valence-corrected chi connectivity index (χ0v) is 10.9. The summed E-state index contributed by atoms with van der Waals surface area (Å²) in [7, 11) is 0. The SMILES string of the molecule is Nc1ccc(OCC(=O)NCC2CCCCO2)cc1. The predicted molar refractivity (Wildman–Crippen MR) is 73.0 cm³/mol. The first-order valence-electron chi connectivity index (χ1n) is 6.60. The molecular weight excluding hydrogens is 244 g/mol. The average Bonchev–Trinajstić information content (AvgIpc) is 2.45. The van der Waals surface area contributed by atoms with Crippen LogP contribution in [0.15, 0.2) is 24.3 Å². The average molecular weight is 264 g/mol. The van der Waals surface area contributed by atoms with Crippen LogP contribution in [0.2, 0.25) is 0 Å². The zero-order valence-electron chi connectivity index (χ0n) is 10.9. The Morgan fingerprint density at radius 1 is 1.37 bits per heavy atom. The van der Waals surface area contributed by atoms with E-state index >= 15 is 0 Å². The van der Waals surface area contributed by atoms with Gasteiger partial charge >= 0.3 is 0 Å². The van der Waals surface area contributed by atoms with Gasteiger partial charge in [0, 0.05) is 18.8 Å². The number of anilines is 1. The van der Waals surface area contributed by atoms with Crippen LogP contribution in [0.3, 0.4) is 0 Å². The van der Waals surface area contributed by atoms with Gasteiger partial charge in [-0.25, -0.2) is 0 Å². The molecule has 5 heteroatoms. The van der Waals surface area contributed by atoms with Crippen molar-refractivity contribution in [1.82, 2.24) is 5.32 Å². The Bertz CT molecular complexity index is 400. The molecule has 1 amide bonds. The Kier molecular flexibility index (Phi) is 5.03. The molecule has 1 unspecified atom stereocenters. The fourth-order valence-electron chi connectivity index (χ4n) is 1.96. The van der Waals surface area contributed by atoms with Crippen molar-refractivity contribution in [3.63, 3.8) is 0 Å². The molecule has 1 atom stereocenters. The molecule has 0 aliphatic carbocycles. The number of ether oxygens (including phenoxy) is 2. The van der Waals surface area contributed by atoms with E-state index in [0.29, 0.717) is 18.0 Å². The molecule has 1 fully saturated rings. The lowest BCUT2D eigenvalue weighted by Gasteiger charge is -2.22. The highest BCUT2D eigenvalue weighted by atomic mass is 16.5. The van der Waals surface area contributed by atoms with E-state index in [4.69, 9.17) is 15.2 Å². The Balaban J connectivity index is 1.65. The molecule has 1 aliphatic heterocycles. The summed E-state index contributed by atoms with van der Waals surface area (Å²) in [5.41, 5.74) is 6.24. The largest absolute Gasteiger partial charge is 0.484 e. The van der Waals surface area contributed by atoms with Gasteiger partial charge in [0.05, 0.1) is 6.10 Å². The number of hydrogen-bond donors (Lipinski definition) is 2. The summed E-state index contributed by atoms with van der Waals surface area (Å²) in [5, 5.41) is 2.82. The lowest BCUT2D eigenvalue weighted by atomic mass is 10.1. The molecule has 1 aliphatic rings. The Labute approximate surface area is 113 Å². The summed E-state index contributed by atoms with van der Waals surface area (Å²) >= 11 is 0. The minimum atomic E-state index is -0.133. The minimum absolute atomic E-state index is 0.0106. The number of nitrogens with two attached hydrogens (primary N) is 1. The first-order valence-corrected chi connectivity index (χ1v) is 6.60. The van der Waals surface area contributed by atoms with E-state index in [-0.39, 0.29) is 18.6 Å². The molecule has 1 saturated heterocycles. The fraction of sp³-hybridized carbons (Fsp3) is 0.500.